The van der Waals surface area contributed by atoms with E-state index in [1.165, 1.54) is 26.1 Å². The molecule has 0 spiro atoms. The number of nitrogens with zero attached hydrogens (tertiary/aromatic N) is 1. The fourth-order valence-electron chi connectivity index (χ4n) is 0.553. The Balaban J connectivity index is 3.01. The van der Waals surface area contributed by atoms with Crippen molar-refractivity contribution >= 4 is 26.1 Å². The summed E-state index contributed by atoms with van der Waals surface area (Å²) in [5.74, 6) is 0. The van der Waals surface area contributed by atoms with Crippen molar-refractivity contribution in [3.05, 3.63) is 24.0 Å². The van der Waals surface area contributed by atoms with Gasteiger partial charge >= 0.3 is 66.8 Å². The number of aliphatic hydroxyl groups is 1. The second-order valence-corrected chi connectivity index (χ2v) is 3.23. The third kappa shape index (κ3) is 1.66. The van der Waals surface area contributed by atoms with E-state index in [2.05, 4.69) is 4.98 Å². The first-order valence-corrected chi connectivity index (χ1v) is 4.02. The van der Waals surface area contributed by atoms with Crippen LogP contribution in [0.25, 0.3) is 0 Å². The number of aromatic nitrogens is 1. The van der Waals surface area contributed by atoms with Crippen molar-refractivity contribution in [2.45, 2.75) is 6.61 Å². The van der Waals surface area contributed by atoms with Crippen molar-refractivity contribution in [1.82, 2.24) is 4.98 Å². The van der Waals surface area contributed by atoms with Gasteiger partial charge in [-0.3, -0.25) is 0 Å². The predicted molar refractivity (Wildman–Crippen MR) is 35.5 cm³/mol. The summed E-state index contributed by atoms with van der Waals surface area (Å²) in [7, 11) is 0. The first kappa shape index (κ1) is 7.02. The molecule has 1 heterocycles. The van der Waals surface area contributed by atoms with Gasteiger partial charge in [-0.15, -0.1) is 0 Å². The molecule has 3 radical (unpaired) electrons. The van der Waals surface area contributed by atoms with Gasteiger partial charge in [0.15, 0.2) is 0 Å². The molecule has 45 valence electrons. The molecule has 0 fully saturated rings. The van der Waals surface area contributed by atoms with Gasteiger partial charge < -0.3 is 0 Å². The Bertz CT molecular complexity index is 202. The van der Waals surface area contributed by atoms with Crippen molar-refractivity contribution in [2.24, 2.45) is 0 Å². The number of rotatable bonds is 1. The number of pyridine rings is 1. The molecule has 3 heteroatoms. The Kier molecular flexibility index (Phi) is 2.47. The van der Waals surface area contributed by atoms with E-state index in [9.17, 15) is 0 Å². The maximum absolute atomic E-state index is 8.69. The molecule has 0 amide bonds. The van der Waals surface area contributed by atoms with E-state index in [1.54, 1.807) is 12.4 Å². The standard InChI is InChI=1S/C6H6NO.Sn/c8-5-6-2-1-3-7-4-6;/h1,3-4,8H,5H2;. The van der Waals surface area contributed by atoms with Gasteiger partial charge in [-0.2, -0.15) is 0 Å². The minimum atomic E-state index is 0.106. The van der Waals surface area contributed by atoms with Gasteiger partial charge in [0.05, 0.1) is 0 Å². The van der Waals surface area contributed by atoms with E-state index >= 15 is 0 Å². The second-order valence-electron chi connectivity index (χ2n) is 1.69. The Hall–Kier alpha value is -0.0913. The molecule has 1 aromatic rings. The molecule has 0 bridgehead atoms. The molecule has 9 heavy (non-hydrogen) atoms. The van der Waals surface area contributed by atoms with Crippen LogP contribution in [0, 0.1) is 0 Å². The van der Waals surface area contributed by atoms with E-state index in [4.69, 9.17) is 5.11 Å². The second kappa shape index (κ2) is 3.17. The summed E-state index contributed by atoms with van der Waals surface area (Å²) < 4.78 is 1.18. The summed E-state index contributed by atoms with van der Waals surface area (Å²) in [6, 6.07) is 1.92. The zero-order chi connectivity index (χ0) is 6.69. The van der Waals surface area contributed by atoms with Gasteiger partial charge in [0.2, 0.25) is 0 Å². The molecule has 1 N–H and O–H groups in total. The van der Waals surface area contributed by atoms with Crippen molar-refractivity contribution < 1.29 is 5.11 Å². The molecule has 1 rings (SSSR count). The van der Waals surface area contributed by atoms with Crippen molar-refractivity contribution in [3.63, 3.8) is 0 Å². The molecule has 1 aromatic heterocycles. The molecule has 0 aliphatic carbocycles. The van der Waals surface area contributed by atoms with Gasteiger partial charge in [-0.25, -0.2) is 0 Å². The Morgan fingerprint density at radius 2 is 2.44 bits per heavy atom. The molecule has 2 nitrogen and oxygen atoms in total. The minimum absolute atomic E-state index is 0.106. The topological polar surface area (TPSA) is 33.1 Å². The van der Waals surface area contributed by atoms with Crippen molar-refractivity contribution in [1.29, 1.82) is 0 Å². The van der Waals surface area contributed by atoms with Crippen molar-refractivity contribution in [2.75, 3.05) is 0 Å². The fraction of sp³-hybridized carbons (Fsp3) is 0.167. The van der Waals surface area contributed by atoms with E-state index < -0.39 is 0 Å². The summed E-state index contributed by atoms with van der Waals surface area (Å²) in [6.07, 6.45) is 3.44. The van der Waals surface area contributed by atoms with Crippen LogP contribution in [-0.4, -0.2) is 32.6 Å². The first-order valence-electron chi connectivity index (χ1n) is 2.60. The molecule has 0 saturated heterocycles. The fourth-order valence-corrected chi connectivity index (χ4v) is 1.18. The van der Waals surface area contributed by atoms with Gasteiger partial charge in [-0.1, -0.05) is 0 Å². The summed E-state index contributed by atoms with van der Waals surface area (Å²) >= 11 is 1.33. The van der Waals surface area contributed by atoms with Crippen LogP contribution in [0.15, 0.2) is 18.5 Å². The van der Waals surface area contributed by atoms with Crippen LogP contribution >= 0.6 is 0 Å². The summed E-state index contributed by atoms with van der Waals surface area (Å²) in [6.45, 7) is 0.106. The maximum atomic E-state index is 8.69. The summed E-state index contributed by atoms with van der Waals surface area (Å²) in [5.41, 5.74) is 0.940. The predicted octanol–water partition coefficient (Wildman–Crippen LogP) is -0.632. The third-order valence-electron chi connectivity index (χ3n) is 1.07. The summed E-state index contributed by atoms with van der Waals surface area (Å²) in [4.78, 5) is 3.87. The van der Waals surface area contributed by atoms with Crippen LogP contribution in [-0.2, 0) is 6.61 Å². The van der Waals surface area contributed by atoms with Gasteiger partial charge in [-0.05, 0) is 0 Å². The molecular weight excluding hydrogens is 221 g/mol. The normalized spacial score (nSPS) is 9.56. The Labute approximate surface area is 67.0 Å². The molecule has 0 aromatic carbocycles. The first-order chi connectivity index (χ1) is 4.34. The van der Waals surface area contributed by atoms with Gasteiger partial charge in [0.25, 0.3) is 0 Å². The van der Waals surface area contributed by atoms with Crippen LogP contribution in [0.1, 0.15) is 5.56 Å². The van der Waals surface area contributed by atoms with Gasteiger partial charge in [0, 0.05) is 0 Å². The average Bonchev–Trinajstić information content (AvgIpc) is 1.89. The van der Waals surface area contributed by atoms with Gasteiger partial charge in [0.1, 0.15) is 0 Å². The van der Waals surface area contributed by atoms with E-state index in [0.29, 0.717) is 0 Å². The molecule has 0 aliphatic rings. The Morgan fingerprint density at radius 3 is 2.89 bits per heavy atom. The molecule has 0 saturated carbocycles. The molecule has 0 unspecified atom stereocenters. The molecule has 0 aliphatic heterocycles. The SMILES string of the molecule is OCc1cncc[c]1[Sn]. The quantitative estimate of drug-likeness (QED) is 0.647. The number of hydrogen-bond acceptors (Lipinski definition) is 2. The summed E-state index contributed by atoms with van der Waals surface area (Å²) in [5, 5.41) is 8.69. The van der Waals surface area contributed by atoms with Crippen LogP contribution in [0.2, 0.25) is 0 Å². The average molecular weight is 227 g/mol. The van der Waals surface area contributed by atoms with E-state index in [0.717, 1.165) is 5.56 Å². The molecule has 0 atom stereocenters. The van der Waals surface area contributed by atoms with Crippen LogP contribution < -0.4 is 3.58 Å². The number of hydrogen-bond donors (Lipinski definition) is 1. The zero-order valence-electron chi connectivity index (χ0n) is 4.83. The third-order valence-corrected chi connectivity index (χ3v) is 2.47. The number of aliphatic hydroxyl groups excluding tert-OH is 1. The van der Waals surface area contributed by atoms with E-state index in [-0.39, 0.29) is 6.61 Å². The molecular formula is C6H6NOSn. The van der Waals surface area contributed by atoms with Crippen LogP contribution in [0.4, 0.5) is 0 Å². The van der Waals surface area contributed by atoms with Crippen molar-refractivity contribution in [3.8, 4) is 0 Å². The van der Waals surface area contributed by atoms with Crippen LogP contribution in [0.5, 0.6) is 0 Å². The van der Waals surface area contributed by atoms with E-state index in [1.807, 2.05) is 6.07 Å². The Morgan fingerprint density at radius 1 is 1.67 bits per heavy atom. The van der Waals surface area contributed by atoms with Crippen LogP contribution in [0.3, 0.4) is 0 Å². The zero-order valence-corrected chi connectivity index (χ0v) is 7.69. The monoisotopic (exact) mass is 228 g/mol.